The van der Waals surface area contributed by atoms with Gasteiger partial charge in [0.15, 0.2) is 11.5 Å². The van der Waals surface area contributed by atoms with E-state index >= 15 is 0 Å². The average molecular weight is 459 g/mol. The van der Waals surface area contributed by atoms with Gasteiger partial charge >= 0.3 is 0 Å². The molecular weight excluding hydrogens is 432 g/mol. The number of hydrogen-bond acceptors (Lipinski definition) is 6. The molecule has 8 nitrogen and oxygen atoms in total. The number of amides is 2. The number of hydrogen-bond donors (Lipinski definition) is 1. The Morgan fingerprint density at radius 3 is 2.59 bits per heavy atom. The molecule has 0 radical (unpaired) electrons. The summed E-state index contributed by atoms with van der Waals surface area (Å²) in [5.41, 5.74) is 4.39. The summed E-state index contributed by atoms with van der Waals surface area (Å²) in [5.74, 6) is 0.540. The largest absolute Gasteiger partial charge is 0.493 e. The molecule has 0 aliphatic carbocycles. The van der Waals surface area contributed by atoms with Crippen molar-refractivity contribution >= 4 is 28.9 Å². The van der Waals surface area contributed by atoms with Crippen LogP contribution in [0.3, 0.4) is 0 Å². The van der Waals surface area contributed by atoms with Crippen molar-refractivity contribution in [3.8, 4) is 11.5 Å². The Morgan fingerprint density at radius 2 is 1.82 bits per heavy atom. The number of methoxy groups -OCH3 is 1. The van der Waals surface area contributed by atoms with Crippen LogP contribution in [0.25, 0.3) is 0 Å². The highest BCUT2D eigenvalue weighted by atomic mass is 16.5. The molecule has 0 fully saturated rings. The van der Waals surface area contributed by atoms with E-state index in [-0.39, 0.29) is 30.4 Å². The van der Waals surface area contributed by atoms with Crippen LogP contribution < -0.4 is 19.8 Å². The smallest absolute Gasteiger partial charge is 0.271 e. The van der Waals surface area contributed by atoms with Crippen LogP contribution in [0.15, 0.2) is 66.0 Å². The van der Waals surface area contributed by atoms with Gasteiger partial charge < -0.3 is 14.8 Å². The lowest BCUT2D eigenvalue weighted by Crippen LogP contribution is -2.36. The van der Waals surface area contributed by atoms with E-state index in [1.165, 1.54) is 5.01 Å². The fraction of sp³-hybridized carbons (Fsp3) is 0.231. The van der Waals surface area contributed by atoms with Gasteiger partial charge in [-0.1, -0.05) is 12.1 Å². The van der Waals surface area contributed by atoms with E-state index < -0.39 is 0 Å². The fourth-order valence-corrected chi connectivity index (χ4v) is 3.56. The zero-order valence-electron chi connectivity index (χ0n) is 19.4. The second-order valence-corrected chi connectivity index (χ2v) is 8.01. The molecule has 2 aromatic carbocycles. The van der Waals surface area contributed by atoms with E-state index in [0.29, 0.717) is 29.5 Å². The lowest BCUT2D eigenvalue weighted by atomic mass is 10.1. The van der Waals surface area contributed by atoms with Crippen LogP contribution in [-0.2, 0) is 16.2 Å². The Labute approximate surface area is 198 Å². The average Bonchev–Trinajstić information content (AvgIpc) is 2.85. The van der Waals surface area contributed by atoms with Gasteiger partial charge in [0.2, 0.25) is 5.91 Å². The summed E-state index contributed by atoms with van der Waals surface area (Å²) in [6, 6.07) is 14.7. The van der Waals surface area contributed by atoms with Crippen LogP contribution >= 0.6 is 0 Å². The summed E-state index contributed by atoms with van der Waals surface area (Å²) in [5, 5.41) is 8.58. The van der Waals surface area contributed by atoms with E-state index in [1.807, 2.05) is 44.2 Å². The molecule has 174 valence electrons. The fourth-order valence-electron chi connectivity index (χ4n) is 3.56. The SMILES string of the molecule is COc1ccc(NC(=O)C2=NN(c3cc(C)ccc3C)C(=O)CC2)cc1OCc1ccncc1. The standard InChI is InChI=1S/C26H26N4O4/c1-17-4-5-18(2)22(14-17)30-25(31)9-7-21(29-30)26(32)28-20-6-8-23(33-3)24(15-20)34-16-19-10-12-27-13-11-19/h4-6,8,10-15H,7,9,16H2,1-3H3,(H,28,32). The lowest BCUT2D eigenvalue weighted by Gasteiger charge is -2.25. The van der Waals surface area contributed by atoms with Crippen LogP contribution in [-0.4, -0.2) is 29.6 Å². The number of nitrogens with zero attached hydrogens (tertiary/aromatic N) is 3. The van der Waals surface area contributed by atoms with Crippen molar-refractivity contribution in [3.05, 3.63) is 77.6 Å². The number of anilines is 2. The van der Waals surface area contributed by atoms with E-state index in [4.69, 9.17) is 9.47 Å². The Morgan fingerprint density at radius 1 is 1.03 bits per heavy atom. The molecular formula is C26H26N4O4. The van der Waals surface area contributed by atoms with Crippen molar-refractivity contribution in [2.45, 2.75) is 33.3 Å². The van der Waals surface area contributed by atoms with Crippen molar-refractivity contribution in [2.24, 2.45) is 5.10 Å². The van der Waals surface area contributed by atoms with Crippen LogP contribution in [0.1, 0.15) is 29.5 Å². The van der Waals surface area contributed by atoms with E-state index in [1.54, 1.807) is 37.7 Å². The number of rotatable bonds is 7. The molecule has 3 aromatic rings. The maximum absolute atomic E-state index is 13.0. The first-order valence-electron chi connectivity index (χ1n) is 10.9. The molecule has 34 heavy (non-hydrogen) atoms. The molecule has 0 spiro atoms. The number of carbonyl (C=O) groups is 2. The highest BCUT2D eigenvalue weighted by Crippen LogP contribution is 2.31. The Hall–Kier alpha value is -4.20. The van der Waals surface area contributed by atoms with Crippen molar-refractivity contribution in [2.75, 3.05) is 17.4 Å². The first-order chi connectivity index (χ1) is 16.4. The van der Waals surface area contributed by atoms with Gasteiger partial charge in [-0.05, 0) is 60.9 Å². The number of carbonyl (C=O) groups excluding carboxylic acids is 2. The Kier molecular flexibility index (Phi) is 6.87. The minimum absolute atomic E-state index is 0.138. The molecule has 0 saturated carbocycles. The van der Waals surface area contributed by atoms with Crippen molar-refractivity contribution < 1.29 is 19.1 Å². The minimum Gasteiger partial charge on any atom is -0.493 e. The minimum atomic E-state index is -0.368. The molecule has 1 N–H and O–H groups in total. The molecule has 0 bridgehead atoms. The van der Waals surface area contributed by atoms with Crippen LogP contribution in [0.5, 0.6) is 11.5 Å². The van der Waals surface area contributed by atoms with Crippen molar-refractivity contribution in [1.29, 1.82) is 0 Å². The quantitative estimate of drug-likeness (QED) is 0.566. The topological polar surface area (TPSA) is 93.1 Å². The number of ether oxygens (including phenoxy) is 2. The number of hydrazone groups is 1. The van der Waals surface area contributed by atoms with Gasteiger partial charge in [0.1, 0.15) is 12.3 Å². The predicted octanol–water partition coefficient (Wildman–Crippen LogP) is 4.41. The van der Waals surface area contributed by atoms with Crippen LogP contribution in [0, 0.1) is 13.8 Å². The Balaban J connectivity index is 1.52. The van der Waals surface area contributed by atoms with Crippen LogP contribution in [0.4, 0.5) is 11.4 Å². The van der Waals surface area contributed by atoms with E-state index in [9.17, 15) is 9.59 Å². The van der Waals surface area contributed by atoms with Crippen molar-refractivity contribution in [3.63, 3.8) is 0 Å². The molecule has 0 unspecified atom stereocenters. The third kappa shape index (κ3) is 5.23. The van der Waals surface area contributed by atoms with E-state index in [0.717, 1.165) is 16.7 Å². The summed E-state index contributed by atoms with van der Waals surface area (Å²) in [7, 11) is 1.56. The van der Waals surface area contributed by atoms with E-state index in [2.05, 4.69) is 15.4 Å². The number of pyridine rings is 1. The molecule has 8 heteroatoms. The van der Waals surface area contributed by atoms with Crippen molar-refractivity contribution in [1.82, 2.24) is 4.98 Å². The third-order valence-corrected chi connectivity index (χ3v) is 5.45. The summed E-state index contributed by atoms with van der Waals surface area (Å²) < 4.78 is 11.3. The first-order valence-corrected chi connectivity index (χ1v) is 10.9. The maximum Gasteiger partial charge on any atom is 0.271 e. The van der Waals surface area contributed by atoms with Gasteiger partial charge in [-0.25, -0.2) is 5.01 Å². The molecule has 0 atom stereocenters. The molecule has 4 rings (SSSR count). The molecule has 1 aromatic heterocycles. The summed E-state index contributed by atoms with van der Waals surface area (Å²) >= 11 is 0. The molecule has 2 heterocycles. The zero-order valence-corrected chi connectivity index (χ0v) is 19.4. The molecule has 0 saturated heterocycles. The highest BCUT2D eigenvalue weighted by molar-refractivity contribution is 6.44. The highest BCUT2D eigenvalue weighted by Gasteiger charge is 2.26. The summed E-state index contributed by atoms with van der Waals surface area (Å²) in [6.45, 7) is 4.19. The monoisotopic (exact) mass is 458 g/mol. The second kappa shape index (κ2) is 10.2. The predicted molar refractivity (Wildman–Crippen MR) is 130 cm³/mol. The number of benzene rings is 2. The maximum atomic E-state index is 13.0. The first kappa shape index (κ1) is 23.0. The second-order valence-electron chi connectivity index (χ2n) is 8.01. The number of nitrogens with one attached hydrogen (secondary N) is 1. The summed E-state index contributed by atoms with van der Waals surface area (Å²) in [4.78, 5) is 29.5. The molecule has 1 aliphatic rings. The van der Waals surface area contributed by atoms with Gasteiger partial charge in [-0.3, -0.25) is 14.6 Å². The zero-order chi connectivity index (χ0) is 24.1. The normalized spacial score (nSPS) is 13.3. The van der Waals surface area contributed by atoms with Gasteiger partial charge in [-0.2, -0.15) is 5.10 Å². The van der Waals surface area contributed by atoms with Gasteiger partial charge in [-0.15, -0.1) is 0 Å². The van der Waals surface area contributed by atoms with Gasteiger partial charge in [0.05, 0.1) is 12.8 Å². The number of aryl methyl sites for hydroxylation is 2. The van der Waals surface area contributed by atoms with Crippen LogP contribution in [0.2, 0.25) is 0 Å². The summed E-state index contributed by atoms with van der Waals surface area (Å²) in [6.07, 6.45) is 3.88. The number of aromatic nitrogens is 1. The molecule has 2 amide bonds. The Bertz CT molecular complexity index is 1240. The molecule has 1 aliphatic heterocycles. The van der Waals surface area contributed by atoms with Gasteiger partial charge in [0, 0.05) is 37.0 Å². The lowest BCUT2D eigenvalue weighted by molar-refractivity contribution is -0.118. The van der Waals surface area contributed by atoms with Gasteiger partial charge in [0.25, 0.3) is 5.91 Å². The third-order valence-electron chi connectivity index (χ3n) is 5.45.